The Bertz CT molecular complexity index is 279. The largest absolute Gasteiger partial charge is 0.356 e. The molecule has 1 N–H and O–H groups in total. The number of rotatable bonds is 2. The van der Waals surface area contributed by atoms with Crippen LogP contribution in [0, 0.1) is 0 Å². The molecular formula is C19H36N2O. The summed E-state index contributed by atoms with van der Waals surface area (Å²) >= 11 is 0. The van der Waals surface area contributed by atoms with Gasteiger partial charge in [0.1, 0.15) is 0 Å². The van der Waals surface area contributed by atoms with Crippen LogP contribution in [0.4, 0.5) is 0 Å². The van der Waals surface area contributed by atoms with Crippen LogP contribution in [0.25, 0.3) is 0 Å². The Morgan fingerprint density at radius 2 is 1.27 bits per heavy atom. The molecule has 1 aliphatic rings. The molecule has 0 fully saturated rings. The predicted octanol–water partition coefficient (Wildman–Crippen LogP) is 5.04. The molecule has 1 atom stereocenters. The van der Waals surface area contributed by atoms with Crippen molar-refractivity contribution >= 4 is 12.6 Å². The second-order valence-electron chi connectivity index (χ2n) is 6.69. The van der Waals surface area contributed by atoms with Crippen LogP contribution in [0.15, 0.2) is 4.99 Å². The van der Waals surface area contributed by atoms with Crippen LogP contribution in [0.1, 0.15) is 96.3 Å². The Balaban J connectivity index is 2.26. The molecule has 0 spiro atoms. The standard InChI is InChI=1S/C19H36N2O/c22-18-21-19-14-12-10-8-6-4-2-1-3-5-7-9-11-13-16-20-17-15-19/h17-19H,1-16H2,(H,21,22). The predicted molar refractivity (Wildman–Crippen MR) is 95.6 cm³/mol. The first-order chi connectivity index (χ1) is 10.9. The molecule has 1 heterocycles. The molecule has 128 valence electrons. The fraction of sp³-hybridized carbons (Fsp3) is 0.895. The monoisotopic (exact) mass is 308 g/mol. The zero-order chi connectivity index (χ0) is 15.7. The van der Waals surface area contributed by atoms with E-state index in [1.165, 1.54) is 83.5 Å². The number of aliphatic imine (C=N–C) groups is 1. The van der Waals surface area contributed by atoms with Gasteiger partial charge in [0.15, 0.2) is 0 Å². The average molecular weight is 309 g/mol. The van der Waals surface area contributed by atoms with E-state index >= 15 is 0 Å². The van der Waals surface area contributed by atoms with Crippen molar-refractivity contribution in [3.05, 3.63) is 0 Å². The number of hydrogen-bond donors (Lipinski definition) is 1. The van der Waals surface area contributed by atoms with Gasteiger partial charge in [-0.25, -0.2) is 0 Å². The van der Waals surface area contributed by atoms with Gasteiger partial charge in [-0.3, -0.25) is 9.79 Å². The Hall–Kier alpha value is -0.860. The number of carbonyl (C=O) groups excluding carboxylic acids is 1. The quantitative estimate of drug-likeness (QED) is 0.714. The maximum Gasteiger partial charge on any atom is 0.207 e. The van der Waals surface area contributed by atoms with Gasteiger partial charge in [-0.2, -0.15) is 0 Å². The molecule has 0 radical (unpaired) electrons. The molecule has 0 bridgehead atoms. The lowest BCUT2D eigenvalue weighted by molar-refractivity contribution is -0.110. The van der Waals surface area contributed by atoms with E-state index in [9.17, 15) is 4.79 Å². The van der Waals surface area contributed by atoms with Gasteiger partial charge in [0, 0.05) is 25.2 Å². The lowest BCUT2D eigenvalue weighted by Crippen LogP contribution is -2.28. The van der Waals surface area contributed by atoms with E-state index in [1.54, 1.807) is 0 Å². The van der Waals surface area contributed by atoms with E-state index in [0.717, 1.165) is 25.8 Å². The Morgan fingerprint density at radius 3 is 1.82 bits per heavy atom. The van der Waals surface area contributed by atoms with Crippen molar-refractivity contribution in [2.75, 3.05) is 6.54 Å². The summed E-state index contributed by atoms with van der Waals surface area (Å²) in [5.41, 5.74) is 0. The third kappa shape index (κ3) is 11.8. The fourth-order valence-corrected chi connectivity index (χ4v) is 3.20. The maximum absolute atomic E-state index is 10.7. The van der Waals surface area contributed by atoms with E-state index in [-0.39, 0.29) is 6.04 Å². The topological polar surface area (TPSA) is 41.5 Å². The normalized spacial score (nSPS) is 24.6. The van der Waals surface area contributed by atoms with Crippen LogP contribution in [0.5, 0.6) is 0 Å². The van der Waals surface area contributed by atoms with E-state index in [1.807, 2.05) is 6.21 Å². The van der Waals surface area contributed by atoms with Gasteiger partial charge in [0.05, 0.1) is 0 Å². The molecule has 1 aliphatic heterocycles. The van der Waals surface area contributed by atoms with Crippen LogP contribution in [-0.4, -0.2) is 25.2 Å². The minimum absolute atomic E-state index is 0.281. The summed E-state index contributed by atoms with van der Waals surface area (Å²) in [6.07, 6.45) is 22.5. The summed E-state index contributed by atoms with van der Waals surface area (Å²) < 4.78 is 0. The molecule has 0 aromatic carbocycles. The van der Waals surface area contributed by atoms with E-state index in [2.05, 4.69) is 10.3 Å². The molecule has 1 amide bonds. The van der Waals surface area contributed by atoms with Crippen LogP contribution in [0.2, 0.25) is 0 Å². The highest BCUT2D eigenvalue weighted by Crippen LogP contribution is 2.14. The minimum Gasteiger partial charge on any atom is -0.356 e. The zero-order valence-corrected chi connectivity index (χ0v) is 14.4. The first-order valence-electron chi connectivity index (χ1n) is 9.61. The highest BCUT2D eigenvalue weighted by atomic mass is 16.1. The van der Waals surface area contributed by atoms with Gasteiger partial charge in [0.2, 0.25) is 6.41 Å². The van der Waals surface area contributed by atoms with Gasteiger partial charge >= 0.3 is 0 Å². The summed E-state index contributed by atoms with van der Waals surface area (Å²) in [5, 5.41) is 2.94. The van der Waals surface area contributed by atoms with E-state index in [0.29, 0.717) is 0 Å². The van der Waals surface area contributed by atoms with Gasteiger partial charge in [-0.05, 0) is 12.8 Å². The number of hydrogen-bond acceptors (Lipinski definition) is 2. The van der Waals surface area contributed by atoms with Gasteiger partial charge in [-0.1, -0.05) is 77.0 Å². The van der Waals surface area contributed by atoms with Crippen molar-refractivity contribution in [3.63, 3.8) is 0 Å². The summed E-state index contributed by atoms with van der Waals surface area (Å²) in [6.45, 7) is 0.952. The number of carbonyl (C=O) groups is 1. The maximum atomic E-state index is 10.7. The van der Waals surface area contributed by atoms with Gasteiger partial charge in [-0.15, -0.1) is 0 Å². The third-order valence-corrected chi connectivity index (χ3v) is 4.66. The second kappa shape index (κ2) is 15.1. The van der Waals surface area contributed by atoms with Crippen molar-refractivity contribution in [2.45, 2.75) is 102 Å². The van der Waals surface area contributed by atoms with Crippen molar-refractivity contribution in [1.82, 2.24) is 5.32 Å². The van der Waals surface area contributed by atoms with Crippen molar-refractivity contribution < 1.29 is 4.79 Å². The summed E-state index contributed by atoms with van der Waals surface area (Å²) in [5.74, 6) is 0. The summed E-state index contributed by atoms with van der Waals surface area (Å²) in [7, 11) is 0. The van der Waals surface area contributed by atoms with E-state index < -0.39 is 0 Å². The highest BCUT2D eigenvalue weighted by Gasteiger charge is 2.05. The van der Waals surface area contributed by atoms with Crippen LogP contribution >= 0.6 is 0 Å². The Kier molecular flexibility index (Phi) is 13.1. The molecule has 0 aliphatic carbocycles. The SMILES string of the molecule is O=CNC1CC=NCCCCCCCCCCCCCCC1. The zero-order valence-electron chi connectivity index (χ0n) is 14.4. The van der Waals surface area contributed by atoms with Crippen LogP contribution in [0.3, 0.4) is 0 Å². The molecular weight excluding hydrogens is 272 g/mol. The number of nitrogens with one attached hydrogen (secondary N) is 1. The number of nitrogens with zero attached hydrogens (tertiary/aromatic N) is 1. The molecule has 3 heteroatoms. The first-order valence-corrected chi connectivity index (χ1v) is 9.61. The van der Waals surface area contributed by atoms with E-state index in [4.69, 9.17) is 0 Å². The van der Waals surface area contributed by atoms with Gasteiger partial charge in [0.25, 0.3) is 0 Å². The van der Waals surface area contributed by atoms with Crippen LogP contribution < -0.4 is 5.32 Å². The van der Waals surface area contributed by atoms with Crippen molar-refractivity contribution in [1.29, 1.82) is 0 Å². The van der Waals surface area contributed by atoms with Crippen molar-refractivity contribution in [2.24, 2.45) is 4.99 Å². The molecule has 0 saturated heterocycles. The minimum atomic E-state index is 0.281. The molecule has 0 saturated carbocycles. The highest BCUT2D eigenvalue weighted by molar-refractivity contribution is 5.59. The Morgan fingerprint density at radius 1 is 0.773 bits per heavy atom. The third-order valence-electron chi connectivity index (χ3n) is 4.66. The first kappa shape index (κ1) is 19.2. The van der Waals surface area contributed by atoms with Crippen molar-refractivity contribution in [3.8, 4) is 0 Å². The lowest BCUT2D eigenvalue weighted by Gasteiger charge is -2.13. The van der Waals surface area contributed by atoms with Gasteiger partial charge < -0.3 is 5.32 Å². The summed E-state index contributed by atoms with van der Waals surface area (Å²) in [6, 6.07) is 0.281. The molecule has 3 nitrogen and oxygen atoms in total. The molecule has 22 heavy (non-hydrogen) atoms. The molecule has 1 rings (SSSR count). The molecule has 0 aromatic heterocycles. The smallest absolute Gasteiger partial charge is 0.207 e. The second-order valence-corrected chi connectivity index (χ2v) is 6.69. The molecule has 0 aromatic rings. The lowest BCUT2D eigenvalue weighted by atomic mass is 10.0. The average Bonchev–Trinajstić information content (AvgIpc) is 2.52. The molecule has 1 unspecified atom stereocenters. The number of amides is 1. The van der Waals surface area contributed by atoms with Crippen LogP contribution in [-0.2, 0) is 4.79 Å². The fourth-order valence-electron chi connectivity index (χ4n) is 3.20. The Labute approximate surface area is 137 Å². The summed E-state index contributed by atoms with van der Waals surface area (Å²) in [4.78, 5) is 15.2.